The van der Waals surface area contributed by atoms with Crippen LogP contribution in [0.15, 0.2) is 18.3 Å². The minimum Gasteiger partial charge on any atom is -0.507 e. The number of benzene rings is 1. The SMILES string of the molecule is Nc1[nH]ncc1-c1c(O)ccc(Cl)c1F. The maximum Gasteiger partial charge on any atom is 0.153 e. The van der Waals surface area contributed by atoms with Crippen LogP contribution in [0.5, 0.6) is 5.75 Å². The summed E-state index contributed by atoms with van der Waals surface area (Å²) in [6, 6.07) is 2.57. The van der Waals surface area contributed by atoms with E-state index in [-0.39, 0.29) is 27.7 Å². The molecule has 0 amide bonds. The summed E-state index contributed by atoms with van der Waals surface area (Å²) in [5.74, 6) is -0.777. The molecule has 0 bridgehead atoms. The van der Waals surface area contributed by atoms with Gasteiger partial charge in [0, 0.05) is 0 Å². The van der Waals surface area contributed by atoms with Crippen molar-refractivity contribution in [3.8, 4) is 16.9 Å². The number of aromatic nitrogens is 2. The molecular weight excluding hydrogens is 221 g/mol. The monoisotopic (exact) mass is 227 g/mol. The fourth-order valence-corrected chi connectivity index (χ4v) is 1.45. The first-order valence-electron chi connectivity index (χ1n) is 4.07. The van der Waals surface area contributed by atoms with E-state index in [2.05, 4.69) is 10.2 Å². The van der Waals surface area contributed by atoms with Crippen LogP contribution >= 0.6 is 11.6 Å². The van der Waals surface area contributed by atoms with Gasteiger partial charge < -0.3 is 10.8 Å². The number of nitrogens with one attached hydrogen (secondary N) is 1. The Morgan fingerprint density at radius 3 is 2.80 bits per heavy atom. The first-order valence-corrected chi connectivity index (χ1v) is 4.45. The zero-order valence-electron chi connectivity index (χ0n) is 7.46. The van der Waals surface area contributed by atoms with E-state index < -0.39 is 5.82 Å². The van der Waals surface area contributed by atoms with Crippen molar-refractivity contribution in [2.75, 3.05) is 5.73 Å². The summed E-state index contributed by atoms with van der Waals surface area (Å²) in [5.41, 5.74) is 5.76. The lowest BCUT2D eigenvalue weighted by Gasteiger charge is -2.05. The van der Waals surface area contributed by atoms with E-state index in [1.165, 1.54) is 18.3 Å². The van der Waals surface area contributed by atoms with Gasteiger partial charge in [0.05, 0.1) is 22.3 Å². The Morgan fingerprint density at radius 1 is 1.47 bits per heavy atom. The zero-order chi connectivity index (χ0) is 11.0. The second-order valence-corrected chi connectivity index (χ2v) is 3.36. The van der Waals surface area contributed by atoms with Gasteiger partial charge >= 0.3 is 0 Å². The van der Waals surface area contributed by atoms with E-state index >= 15 is 0 Å². The number of phenolic OH excluding ortho intramolecular Hbond substituents is 1. The normalized spacial score (nSPS) is 10.5. The molecule has 15 heavy (non-hydrogen) atoms. The molecule has 4 nitrogen and oxygen atoms in total. The van der Waals surface area contributed by atoms with Crippen LogP contribution in [0, 0.1) is 5.82 Å². The number of phenols is 1. The molecule has 0 aliphatic heterocycles. The van der Waals surface area contributed by atoms with E-state index in [9.17, 15) is 9.50 Å². The van der Waals surface area contributed by atoms with Gasteiger partial charge in [0.2, 0.25) is 0 Å². The van der Waals surface area contributed by atoms with Crippen LogP contribution in [0.1, 0.15) is 0 Å². The quantitative estimate of drug-likeness (QED) is 0.699. The van der Waals surface area contributed by atoms with Gasteiger partial charge in [-0.05, 0) is 12.1 Å². The third-order valence-corrected chi connectivity index (χ3v) is 2.30. The largest absolute Gasteiger partial charge is 0.507 e. The maximum absolute atomic E-state index is 13.6. The van der Waals surface area contributed by atoms with Crippen LogP contribution in [0.25, 0.3) is 11.1 Å². The Hall–Kier alpha value is -1.75. The van der Waals surface area contributed by atoms with E-state index in [4.69, 9.17) is 17.3 Å². The summed E-state index contributed by atoms with van der Waals surface area (Å²) < 4.78 is 13.6. The summed E-state index contributed by atoms with van der Waals surface area (Å²) in [6.45, 7) is 0. The number of aromatic amines is 1. The molecule has 1 heterocycles. The fourth-order valence-electron chi connectivity index (χ4n) is 1.29. The standard InChI is InChI=1S/C9H7ClFN3O/c10-5-1-2-6(15)7(8(5)11)4-3-13-14-9(4)12/h1-3,15H,(H3,12,13,14). The van der Waals surface area contributed by atoms with Gasteiger partial charge in [0.25, 0.3) is 0 Å². The molecule has 2 rings (SSSR count). The molecule has 0 saturated heterocycles. The van der Waals surface area contributed by atoms with Gasteiger partial charge in [-0.2, -0.15) is 5.10 Å². The summed E-state index contributed by atoms with van der Waals surface area (Å²) >= 11 is 5.60. The number of nitrogen functional groups attached to an aromatic ring is 1. The summed E-state index contributed by atoms with van der Waals surface area (Å²) in [4.78, 5) is 0. The van der Waals surface area contributed by atoms with Crippen LogP contribution in [0.4, 0.5) is 10.2 Å². The van der Waals surface area contributed by atoms with Crippen molar-refractivity contribution in [1.82, 2.24) is 10.2 Å². The number of hydrogen-bond donors (Lipinski definition) is 3. The predicted molar refractivity (Wildman–Crippen MR) is 55.1 cm³/mol. The molecule has 0 atom stereocenters. The number of anilines is 1. The third kappa shape index (κ3) is 1.50. The zero-order valence-corrected chi connectivity index (χ0v) is 8.22. The van der Waals surface area contributed by atoms with E-state index in [1.807, 2.05) is 0 Å². The molecule has 4 N–H and O–H groups in total. The number of nitrogens with zero attached hydrogens (tertiary/aromatic N) is 1. The molecule has 6 heteroatoms. The molecule has 1 aromatic heterocycles. The molecule has 78 valence electrons. The summed E-state index contributed by atoms with van der Waals surface area (Å²) in [6.07, 6.45) is 1.32. The van der Waals surface area contributed by atoms with Crippen LogP contribution < -0.4 is 5.73 Å². The first kappa shape index (κ1) is 9.79. The molecule has 0 unspecified atom stereocenters. The van der Waals surface area contributed by atoms with Crippen molar-refractivity contribution in [3.63, 3.8) is 0 Å². The van der Waals surface area contributed by atoms with E-state index in [1.54, 1.807) is 0 Å². The van der Waals surface area contributed by atoms with Gasteiger partial charge in [-0.3, -0.25) is 5.10 Å². The third-order valence-electron chi connectivity index (χ3n) is 2.01. The van der Waals surface area contributed by atoms with Crippen LogP contribution in [-0.4, -0.2) is 15.3 Å². The van der Waals surface area contributed by atoms with E-state index in [0.29, 0.717) is 0 Å². The molecule has 0 spiro atoms. The van der Waals surface area contributed by atoms with Crippen molar-refractivity contribution in [2.24, 2.45) is 0 Å². The highest BCUT2D eigenvalue weighted by atomic mass is 35.5. The molecule has 0 fully saturated rings. The highest BCUT2D eigenvalue weighted by Gasteiger charge is 2.17. The van der Waals surface area contributed by atoms with Gasteiger partial charge in [-0.15, -0.1) is 0 Å². The molecule has 0 radical (unpaired) electrons. The minimum absolute atomic E-state index is 0.0475. The number of H-pyrrole nitrogens is 1. The first-order chi connectivity index (χ1) is 7.11. The maximum atomic E-state index is 13.6. The second-order valence-electron chi connectivity index (χ2n) is 2.95. The molecule has 2 aromatic rings. The Kier molecular flexibility index (Phi) is 2.24. The average molecular weight is 228 g/mol. The highest BCUT2D eigenvalue weighted by Crippen LogP contribution is 2.37. The smallest absolute Gasteiger partial charge is 0.153 e. The lowest BCUT2D eigenvalue weighted by molar-refractivity contribution is 0.472. The summed E-state index contributed by atoms with van der Waals surface area (Å²) in [5, 5.41) is 15.5. The number of nitrogens with two attached hydrogens (primary N) is 1. The van der Waals surface area contributed by atoms with Crippen LogP contribution in [0.3, 0.4) is 0 Å². The van der Waals surface area contributed by atoms with Crippen LogP contribution in [0.2, 0.25) is 5.02 Å². The van der Waals surface area contributed by atoms with Gasteiger partial charge in [0.1, 0.15) is 11.6 Å². The summed E-state index contributed by atoms with van der Waals surface area (Å²) in [7, 11) is 0. The number of aromatic hydroxyl groups is 1. The lowest BCUT2D eigenvalue weighted by atomic mass is 10.1. The van der Waals surface area contributed by atoms with Gasteiger partial charge in [0.15, 0.2) is 5.82 Å². The van der Waals surface area contributed by atoms with E-state index in [0.717, 1.165) is 0 Å². The molecule has 0 saturated carbocycles. The predicted octanol–water partition coefficient (Wildman–Crippen LogP) is 2.16. The Balaban J connectivity index is 2.72. The van der Waals surface area contributed by atoms with Crippen molar-refractivity contribution in [2.45, 2.75) is 0 Å². The Labute approximate surface area is 89.5 Å². The van der Waals surface area contributed by atoms with Crippen molar-refractivity contribution < 1.29 is 9.50 Å². The highest BCUT2D eigenvalue weighted by molar-refractivity contribution is 6.31. The Morgan fingerprint density at radius 2 is 2.20 bits per heavy atom. The fraction of sp³-hybridized carbons (Fsp3) is 0. The minimum atomic E-state index is -0.718. The molecule has 0 aliphatic carbocycles. The molecule has 1 aromatic carbocycles. The van der Waals surface area contributed by atoms with Crippen LogP contribution in [-0.2, 0) is 0 Å². The van der Waals surface area contributed by atoms with Gasteiger partial charge in [-0.1, -0.05) is 11.6 Å². The Bertz CT molecular complexity index is 512. The van der Waals surface area contributed by atoms with Crippen molar-refractivity contribution >= 4 is 17.4 Å². The van der Waals surface area contributed by atoms with Gasteiger partial charge in [-0.25, -0.2) is 4.39 Å². The molecule has 0 aliphatic rings. The molecular formula is C9H7ClFN3O. The average Bonchev–Trinajstić information content (AvgIpc) is 2.60. The lowest BCUT2D eigenvalue weighted by Crippen LogP contribution is -1.91. The van der Waals surface area contributed by atoms with Crippen molar-refractivity contribution in [3.05, 3.63) is 29.2 Å². The second kappa shape index (κ2) is 3.43. The number of hydrogen-bond acceptors (Lipinski definition) is 3. The topological polar surface area (TPSA) is 74.9 Å². The van der Waals surface area contributed by atoms with Crippen molar-refractivity contribution in [1.29, 1.82) is 0 Å². The number of rotatable bonds is 1. The number of halogens is 2.